The van der Waals surface area contributed by atoms with E-state index in [2.05, 4.69) is 10.6 Å². The molecule has 0 aliphatic carbocycles. The minimum atomic E-state index is -1.27. The van der Waals surface area contributed by atoms with Gasteiger partial charge in [0.05, 0.1) is 12.5 Å². The van der Waals surface area contributed by atoms with Gasteiger partial charge < -0.3 is 26.2 Å². The SMILES string of the molecule is C[C@H](N)C(=O)N[C@@H](CC(=O)OC(C)(C)C)C(=O)N[C@@H](C)C(=O)O. The summed E-state index contributed by atoms with van der Waals surface area (Å²) in [6.07, 6.45) is -0.437. The molecule has 9 nitrogen and oxygen atoms in total. The fourth-order valence-electron chi connectivity index (χ4n) is 1.44. The Morgan fingerprint density at radius 3 is 2.00 bits per heavy atom. The highest BCUT2D eigenvalue weighted by molar-refractivity contribution is 5.93. The zero-order valence-electron chi connectivity index (χ0n) is 14.0. The lowest BCUT2D eigenvalue weighted by atomic mass is 10.1. The lowest BCUT2D eigenvalue weighted by Crippen LogP contribution is -2.54. The molecular weight excluding hydrogens is 306 g/mol. The summed E-state index contributed by atoms with van der Waals surface area (Å²) in [4.78, 5) is 46.4. The molecule has 0 bridgehead atoms. The van der Waals surface area contributed by atoms with Gasteiger partial charge in [-0.1, -0.05) is 0 Å². The first-order valence-corrected chi connectivity index (χ1v) is 7.14. The summed E-state index contributed by atoms with van der Waals surface area (Å²) in [5, 5.41) is 13.3. The quantitative estimate of drug-likeness (QED) is 0.444. The molecule has 23 heavy (non-hydrogen) atoms. The second-order valence-corrected chi connectivity index (χ2v) is 6.21. The van der Waals surface area contributed by atoms with Crippen LogP contribution in [0.15, 0.2) is 0 Å². The molecule has 0 radical (unpaired) electrons. The Labute approximate surface area is 134 Å². The van der Waals surface area contributed by atoms with Gasteiger partial charge in [-0.25, -0.2) is 0 Å². The number of hydrogen-bond donors (Lipinski definition) is 4. The largest absolute Gasteiger partial charge is 0.480 e. The smallest absolute Gasteiger partial charge is 0.325 e. The van der Waals surface area contributed by atoms with Crippen LogP contribution >= 0.6 is 0 Å². The van der Waals surface area contributed by atoms with E-state index in [1.165, 1.54) is 13.8 Å². The van der Waals surface area contributed by atoms with Crippen molar-refractivity contribution in [2.75, 3.05) is 0 Å². The molecule has 2 amide bonds. The predicted molar refractivity (Wildman–Crippen MR) is 81.3 cm³/mol. The molecular formula is C14H25N3O6. The van der Waals surface area contributed by atoms with E-state index in [0.717, 1.165) is 0 Å². The normalized spacial score (nSPS) is 15.0. The van der Waals surface area contributed by atoms with Crippen LogP contribution in [0.25, 0.3) is 0 Å². The number of carboxylic acids is 1. The van der Waals surface area contributed by atoms with Crippen molar-refractivity contribution in [3.63, 3.8) is 0 Å². The lowest BCUT2D eigenvalue weighted by molar-refractivity contribution is -0.156. The summed E-state index contributed by atoms with van der Waals surface area (Å²) in [5.74, 6) is -3.39. The second-order valence-electron chi connectivity index (χ2n) is 6.21. The van der Waals surface area contributed by atoms with E-state index >= 15 is 0 Å². The first kappa shape index (κ1) is 20.8. The molecule has 0 aliphatic heterocycles. The number of nitrogens with two attached hydrogens (primary N) is 1. The molecule has 9 heteroatoms. The third-order valence-corrected chi connectivity index (χ3v) is 2.57. The monoisotopic (exact) mass is 331 g/mol. The number of amides is 2. The fourth-order valence-corrected chi connectivity index (χ4v) is 1.44. The molecule has 0 spiro atoms. The fraction of sp³-hybridized carbons (Fsp3) is 0.714. The van der Waals surface area contributed by atoms with Crippen molar-refractivity contribution in [3.8, 4) is 0 Å². The molecule has 0 unspecified atom stereocenters. The molecule has 132 valence electrons. The highest BCUT2D eigenvalue weighted by Gasteiger charge is 2.29. The van der Waals surface area contributed by atoms with Gasteiger partial charge in [-0.15, -0.1) is 0 Å². The highest BCUT2D eigenvalue weighted by atomic mass is 16.6. The molecule has 3 atom stereocenters. The van der Waals surface area contributed by atoms with Crippen LogP contribution in [0, 0.1) is 0 Å². The summed E-state index contributed by atoms with van der Waals surface area (Å²) in [6.45, 7) is 7.66. The van der Waals surface area contributed by atoms with Crippen LogP contribution in [0.2, 0.25) is 0 Å². The number of esters is 1. The van der Waals surface area contributed by atoms with Gasteiger partial charge in [0, 0.05) is 0 Å². The Balaban J connectivity index is 5.01. The van der Waals surface area contributed by atoms with Gasteiger partial charge in [0.2, 0.25) is 11.8 Å². The van der Waals surface area contributed by atoms with Gasteiger partial charge in [-0.3, -0.25) is 19.2 Å². The standard InChI is InChI=1S/C14H25N3O6/c1-7(15)11(19)17-9(6-10(18)23-14(3,4)5)12(20)16-8(2)13(21)22/h7-9H,6,15H2,1-5H3,(H,16,20)(H,17,19)(H,21,22)/t7-,8-,9-/m0/s1. The van der Waals surface area contributed by atoms with E-state index in [0.29, 0.717) is 0 Å². The predicted octanol–water partition coefficient (Wildman–Crippen LogP) is -0.860. The first-order chi connectivity index (χ1) is 10.3. The van der Waals surface area contributed by atoms with Gasteiger partial charge >= 0.3 is 11.9 Å². The Morgan fingerprint density at radius 1 is 1.09 bits per heavy atom. The van der Waals surface area contributed by atoms with Crippen LogP contribution in [0.5, 0.6) is 0 Å². The molecule has 0 aromatic carbocycles. The average molecular weight is 331 g/mol. The molecule has 0 heterocycles. The number of hydrogen-bond acceptors (Lipinski definition) is 6. The minimum absolute atomic E-state index is 0.437. The van der Waals surface area contributed by atoms with E-state index < -0.39 is 53.9 Å². The van der Waals surface area contributed by atoms with Gasteiger partial charge in [0.25, 0.3) is 0 Å². The van der Waals surface area contributed by atoms with Crippen molar-refractivity contribution in [3.05, 3.63) is 0 Å². The maximum Gasteiger partial charge on any atom is 0.325 e. The van der Waals surface area contributed by atoms with E-state index in [1.54, 1.807) is 20.8 Å². The zero-order chi connectivity index (χ0) is 18.4. The molecule has 0 fully saturated rings. The van der Waals surface area contributed by atoms with E-state index in [9.17, 15) is 19.2 Å². The van der Waals surface area contributed by atoms with Crippen molar-refractivity contribution in [1.29, 1.82) is 0 Å². The van der Waals surface area contributed by atoms with Crippen molar-refractivity contribution < 1.29 is 29.0 Å². The number of carbonyl (C=O) groups is 4. The highest BCUT2D eigenvalue weighted by Crippen LogP contribution is 2.09. The summed E-state index contributed by atoms with van der Waals surface area (Å²) >= 11 is 0. The van der Waals surface area contributed by atoms with Crippen molar-refractivity contribution in [2.45, 2.75) is 64.8 Å². The van der Waals surface area contributed by atoms with Crippen molar-refractivity contribution in [2.24, 2.45) is 5.73 Å². The third-order valence-electron chi connectivity index (χ3n) is 2.57. The number of rotatable bonds is 7. The zero-order valence-corrected chi connectivity index (χ0v) is 14.0. The molecule has 0 aliphatic rings. The van der Waals surface area contributed by atoms with Crippen LogP contribution in [-0.2, 0) is 23.9 Å². The Hall–Kier alpha value is -2.16. The van der Waals surface area contributed by atoms with Gasteiger partial charge in [0.1, 0.15) is 17.7 Å². The maximum atomic E-state index is 12.1. The number of ether oxygens (including phenoxy) is 1. The maximum absolute atomic E-state index is 12.1. The average Bonchev–Trinajstić information content (AvgIpc) is 2.34. The number of carbonyl (C=O) groups excluding carboxylic acids is 3. The van der Waals surface area contributed by atoms with E-state index in [1.807, 2.05) is 0 Å². The Bertz CT molecular complexity index is 470. The third kappa shape index (κ3) is 8.77. The van der Waals surface area contributed by atoms with Crippen LogP contribution in [0.3, 0.4) is 0 Å². The van der Waals surface area contributed by atoms with Crippen LogP contribution in [0.4, 0.5) is 0 Å². The lowest BCUT2D eigenvalue weighted by Gasteiger charge is -2.23. The van der Waals surface area contributed by atoms with Gasteiger partial charge in [-0.05, 0) is 34.6 Å². The van der Waals surface area contributed by atoms with E-state index in [4.69, 9.17) is 15.6 Å². The first-order valence-electron chi connectivity index (χ1n) is 7.14. The number of aliphatic carboxylic acids is 1. The molecule has 0 aromatic rings. The molecule has 0 saturated carbocycles. The molecule has 0 aromatic heterocycles. The summed E-state index contributed by atoms with van der Waals surface area (Å²) in [7, 11) is 0. The van der Waals surface area contributed by atoms with Crippen LogP contribution in [-0.4, -0.2) is 52.6 Å². The summed E-state index contributed by atoms with van der Waals surface area (Å²) in [6, 6.07) is -3.33. The van der Waals surface area contributed by atoms with Crippen molar-refractivity contribution in [1.82, 2.24) is 10.6 Å². The summed E-state index contributed by atoms with van der Waals surface area (Å²) < 4.78 is 5.10. The molecule has 0 saturated heterocycles. The second kappa shape index (κ2) is 8.47. The van der Waals surface area contributed by atoms with Crippen LogP contribution in [0.1, 0.15) is 41.0 Å². The Kier molecular flexibility index (Phi) is 7.67. The summed E-state index contributed by atoms with van der Waals surface area (Å²) in [5.41, 5.74) is 4.66. The van der Waals surface area contributed by atoms with Crippen molar-refractivity contribution >= 4 is 23.8 Å². The molecule has 5 N–H and O–H groups in total. The van der Waals surface area contributed by atoms with Crippen LogP contribution < -0.4 is 16.4 Å². The van der Waals surface area contributed by atoms with Gasteiger partial charge in [-0.2, -0.15) is 0 Å². The minimum Gasteiger partial charge on any atom is -0.480 e. The number of nitrogens with one attached hydrogen (secondary N) is 2. The Morgan fingerprint density at radius 2 is 1.61 bits per heavy atom. The van der Waals surface area contributed by atoms with Gasteiger partial charge in [0.15, 0.2) is 0 Å². The van der Waals surface area contributed by atoms with E-state index in [-0.39, 0.29) is 0 Å². The molecule has 0 rings (SSSR count). The topological polar surface area (TPSA) is 148 Å². The number of carboxylic acid groups (broad SMARTS) is 1.